The van der Waals surface area contributed by atoms with E-state index in [1.807, 2.05) is 44.0 Å². The van der Waals surface area contributed by atoms with Gasteiger partial charge in [0.15, 0.2) is 0 Å². The number of nitrogens with zero attached hydrogens (tertiary/aromatic N) is 5. The molecule has 2 aromatic rings. The van der Waals surface area contributed by atoms with E-state index >= 15 is 0 Å². The summed E-state index contributed by atoms with van der Waals surface area (Å²) in [5, 5.41) is 0. The quantitative estimate of drug-likeness (QED) is 0.915. The van der Waals surface area contributed by atoms with Crippen LogP contribution in [0.25, 0.3) is 11.1 Å². The van der Waals surface area contributed by atoms with E-state index in [1.54, 1.807) is 6.20 Å². The topological polar surface area (TPSA) is 88.2 Å². The van der Waals surface area contributed by atoms with Crippen LogP contribution in [0.3, 0.4) is 0 Å². The Labute approximate surface area is 147 Å². The lowest BCUT2D eigenvalue weighted by atomic mass is 10.1. The molecular formula is C18H24N6O. The lowest BCUT2D eigenvalue weighted by Crippen LogP contribution is -2.50. The third-order valence-corrected chi connectivity index (χ3v) is 4.42. The number of rotatable bonds is 3. The maximum Gasteiger partial charge on any atom is 0.225 e. The Morgan fingerprint density at radius 1 is 1.20 bits per heavy atom. The number of pyridine rings is 1. The molecule has 3 rings (SSSR count). The Kier molecular flexibility index (Phi) is 4.83. The fourth-order valence-corrected chi connectivity index (χ4v) is 3.16. The predicted molar refractivity (Wildman–Crippen MR) is 98.0 cm³/mol. The molecule has 0 aliphatic carbocycles. The van der Waals surface area contributed by atoms with Gasteiger partial charge in [-0.2, -0.15) is 4.98 Å². The molecule has 3 heterocycles. The van der Waals surface area contributed by atoms with Crippen molar-refractivity contribution in [3.05, 3.63) is 30.2 Å². The van der Waals surface area contributed by atoms with Crippen LogP contribution in [-0.2, 0) is 4.79 Å². The number of carbonyl (C=O) groups excluding carboxylic acids is 1. The number of carbonyl (C=O) groups is 1. The summed E-state index contributed by atoms with van der Waals surface area (Å²) in [4.78, 5) is 29.3. The molecule has 2 aromatic heterocycles. The largest absolute Gasteiger partial charge is 0.368 e. The van der Waals surface area contributed by atoms with E-state index < -0.39 is 0 Å². The van der Waals surface area contributed by atoms with Crippen molar-refractivity contribution in [2.45, 2.75) is 20.8 Å². The SMILES string of the molecule is Cc1nc(N)nc(N2CCN(C(=O)C(C)C)CC2)c1-c1cccnc1. The number of hydrogen-bond donors (Lipinski definition) is 1. The van der Waals surface area contributed by atoms with Crippen molar-refractivity contribution >= 4 is 17.7 Å². The highest BCUT2D eigenvalue weighted by Gasteiger charge is 2.26. The van der Waals surface area contributed by atoms with Crippen LogP contribution in [0.2, 0.25) is 0 Å². The molecule has 0 bridgehead atoms. The zero-order valence-corrected chi connectivity index (χ0v) is 14.9. The Morgan fingerprint density at radius 2 is 1.92 bits per heavy atom. The first-order valence-electron chi connectivity index (χ1n) is 8.55. The third kappa shape index (κ3) is 3.55. The van der Waals surface area contributed by atoms with Gasteiger partial charge in [-0.1, -0.05) is 19.9 Å². The molecule has 1 fully saturated rings. The second-order valence-electron chi connectivity index (χ2n) is 6.57. The summed E-state index contributed by atoms with van der Waals surface area (Å²) in [6, 6.07) is 3.89. The van der Waals surface area contributed by atoms with Crippen molar-refractivity contribution in [2.24, 2.45) is 5.92 Å². The van der Waals surface area contributed by atoms with Crippen LogP contribution >= 0.6 is 0 Å². The average molecular weight is 340 g/mol. The molecule has 1 aliphatic rings. The van der Waals surface area contributed by atoms with E-state index in [0.29, 0.717) is 13.1 Å². The molecule has 7 nitrogen and oxygen atoms in total. The van der Waals surface area contributed by atoms with Crippen molar-refractivity contribution in [2.75, 3.05) is 36.8 Å². The van der Waals surface area contributed by atoms with Crippen LogP contribution < -0.4 is 10.6 Å². The summed E-state index contributed by atoms with van der Waals surface area (Å²) < 4.78 is 0. The van der Waals surface area contributed by atoms with Gasteiger partial charge in [-0.15, -0.1) is 0 Å². The van der Waals surface area contributed by atoms with Crippen LogP contribution in [-0.4, -0.2) is 51.9 Å². The highest BCUT2D eigenvalue weighted by molar-refractivity contribution is 5.80. The summed E-state index contributed by atoms with van der Waals surface area (Å²) in [5.74, 6) is 1.30. The van der Waals surface area contributed by atoms with Gasteiger partial charge in [0.25, 0.3) is 0 Å². The van der Waals surface area contributed by atoms with Crippen molar-refractivity contribution in [1.29, 1.82) is 0 Å². The molecule has 1 saturated heterocycles. The number of amides is 1. The minimum absolute atomic E-state index is 0.0226. The summed E-state index contributed by atoms with van der Waals surface area (Å²) in [7, 11) is 0. The van der Waals surface area contributed by atoms with E-state index in [0.717, 1.165) is 35.7 Å². The molecule has 0 saturated carbocycles. The molecule has 0 radical (unpaired) electrons. The molecule has 0 aromatic carbocycles. The first-order valence-corrected chi connectivity index (χ1v) is 8.55. The van der Waals surface area contributed by atoms with E-state index in [1.165, 1.54) is 0 Å². The minimum atomic E-state index is 0.0226. The van der Waals surface area contributed by atoms with Crippen LogP contribution in [0.4, 0.5) is 11.8 Å². The number of aryl methyl sites for hydroxylation is 1. The van der Waals surface area contributed by atoms with E-state index in [2.05, 4.69) is 19.9 Å². The molecule has 0 spiro atoms. The molecule has 2 N–H and O–H groups in total. The van der Waals surface area contributed by atoms with Gasteiger partial charge in [-0.25, -0.2) is 4.98 Å². The number of nitrogens with two attached hydrogens (primary N) is 1. The first kappa shape index (κ1) is 17.1. The van der Waals surface area contributed by atoms with Crippen molar-refractivity contribution < 1.29 is 4.79 Å². The van der Waals surface area contributed by atoms with Gasteiger partial charge in [-0.3, -0.25) is 9.78 Å². The van der Waals surface area contributed by atoms with Crippen molar-refractivity contribution in [1.82, 2.24) is 19.9 Å². The van der Waals surface area contributed by atoms with E-state index in [4.69, 9.17) is 5.73 Å². The molecule has 132 valence electrons. The van der Waals surface area contributed by atoms with Crippen LogP contribution in [0.5, 0.6) is 0 Å². The average Bonchev–Trinajstić information content (AvgIpc) is 2.61. The number of piperazine rings is 1. The molecule has 1 aliphatic heterocycles. The van der Waals surface area contributed by atoms with Gasteiger partial charge in [0.05, 0.1) is 5.69 Å². The monoisotopic (exact) mass is 340 g/mol. The second-order valence-corrected chi connectivity index (χ2v) is 6.57. The van der Waals surface area contributed by atoms with E-state index in [9.17, 15) is 4.79 Å². The summed E-state index contributed by atoms with van der Waals surface area (Å²) in [5.41, 5.74) is 8.65. The summed E-state index contributed by atoms with van der Waals surface area (Å²) >= 11 is 0. The maximum atomic E-state index is 12.2. The van der Waals surface area contributed by atoms with Crippen LogP contribution in [0, 0.1) is 12.8 Å². The molecule has 1 amide bonds. The van der Waals surface area contributed by atoms with Crippen molar-refractivity contribution in [3.8, 4) is 11.1 Å². The highest BCUT2D eigenvalue weighted by atomic mass is 16.2. The van der Waals surface area contributed by atoms with Gasteiger partial charge in [0.2, 0.25) is 11.9 Å². The number of hydrogen-bond acceptors (Lipinski definition) is 6. The number of aromatic nitrogens is 3. The third-order valence-electron chi connectivity index (χ3n) is 4.42. The Bertz CT molecular complexity index is 754. The van der Waals surface area contributed by atoms with Gasteiger partial charge < -0.3 is 15.5 Å². The lowest BCUT2D eigenvalue weighted by Gasteiger charge is -2.37. The standard InChI is InChI=1S/C18H24N6O/c1-12(2)17(25)24-9-7-23(8-10-24)16-15(13(3)21-18(19)22-16)14-5-4-6-20-11-14/h4-6,11-12H,7-10H2,1-3H3,(H2,19,21,22). The molecule has 0 atom stereocenters. The second kappa shape index (κ2) is 7.04. The number of anilines is 2. The zero-order chi connectivity index (χ0) is 18.0. The molecule has 0 unspecified atom stereocenters. The summed E-state index contributed by atoms with van der Waals surface area (Å²) in [6.45, 7) is 8.62. The Balaban J connectivity index is 1.90. The Hall–Kier alpha value is -2.70. The lowest BCUT2D eigenvalue weighted by molar-refractivity contribution is -0.134. The maximum absolute atomic E-state index is 12.2. The zero-order valence-electron chi connectivity index (χ0n) is 14.9. The van der Waals surface area contributed by atoms with Gasteiger partial charge in [0.1, 0.15) is 5.82 Å². The highest BCUT2D eigenvalue weighted by Crippen LogP contribution is 2.32. The van der Waals surface area contributed by atoms with Gasteiger partial charge in [0, 0.05) is 55.6 Å². The Morgan fingerprint density at radius 3 is 2.52 bits per heavy atom. The molecule has 25 heavy (non-hydrogen) atoms. The molecular weight excluding hydrogens is 316 g/mol. The fourth-order valence-electron chi connectivity index (χ4n) is 3.16. The van der Waals surface area contributed by atoms with E-state index in [-0.39, 0.29) is 17.8 Å². The van der Waals surface area contributed by atoms with Crippen molar-refractivity contribution in [3.63, 3.8) is 0 Å². The first-order chi connectivity index (χ1) is 12.0. The summed E-state index contributed by atoms with van der Waals surface area (Å²) in [6.07, 6.45) is 3.55. The fraction of sp³-hybridized carbons (Fsp3) is 0.444. The predicted octanol–water partition coefficient (Wildman–Crippen LogP) is 1.73. The van der Waals surface area contributed by atoms with Gasteiger partial charge >= 0.3 is 0 Å². The minimum Gasteiger partial charge on any atom is -0.368 e. The van der Waals surface area contributed by atoms with Crippen LogP contribution in [0.1, 0.15) is 19.5 Å². The van der Waals surface area contributed by atoms with Gasteiger partial charge in [-0.05, 0) is 13.0 Å². The number of nitrogen functional groups attached to an aromatic ring is 1. The van der Waals surface area contributed by atoms with Crippen LogP contribution in [0.15, 0.2) is 24.5 Å². The smallest absolute Gasteiger partial charge is 0.225 e. The normalized spacial score (nSPS) is 14.9. The molecule has 7 heteroatoms.